The molecule has 1 heterocycles. The van der Waals surface area contributed by atoms with Gasteiger partial charge in [0.2, 0.25) is 0 Å². The molecule has 6 heteroatoms. The van der Waals surface area contributed by atoms with Crippen LogP contribution in [0, 0.1) is 20.8 Å². The third-order valence-corrected chi connectivity index (χ3v) is 4.22. The molecular weight excluding hydrogens is 316 g/mol. The molecule has 0 saturated carbocycles. The molecule has 0 aliphatic carbocycles. The Kier molecular flexibility index (Phi) is 6.07. The van der Waals surface area contributed by atoms with Gasteiger partial charge in [0.05, 0.1) is 18.3 Å². The van der Waals surface area contributed by atoms with E-state index in [4.69, 9.17) is 4.74 Å². The molecule has 0 fully saturated rings. The number of hydrogen-bond acceptors (Lipinski definition) is 3. The van der Waals surface area contributed by atoms with E-state index < -0.39 is 0 Å². The second-order valence-electron chi connectivity index (χ2n) is 6.53. The average Bonchev–Trinajstić information content (AvgIpc) is 2.78. The van der Waals surface area contributed by atoms with Crippen LogP contribution in [0.25, 0.3) is 0 Å². The SMILES string of the molecule is Cc1cccc(O[C@@H](C)CNC(=O)N[C@@H](C)c2c(C)nn(C)c2C)c1. The zero-order chi connectivity index (χ0) is 18.6. The normalized spacial score (nSPS) is 13.2. The summed E-state index contributed by atoms with van der Waals surface area (Å²) in [6, 6.07) is 7.55. The minimum atomic E-state index is -0.213. The molecule has 2 N–H and O–H groups in total. The van der Waals surface area contributed by atoms with Gasteiger partial charge in [0, 0.05) is 18.3 Å². The molecule has 0 unspecified atom stereocenters. The van der Waals surface area contributed by atoms with Crippen LogP contribution in [-0.2, 0) is 7.05 Å². The van der Waals surface area contributed by atoms with E-state index in [1.165, 1.54) is 0 Å². The molecule has 1 aromatic heterocycles. The third-order valence-electron chi connectivity index (χ3n) is 4.22. The average molecular weight is 344 g/mol. The highest BCUT2D eigenvalue weighted by Gasteiger charge is 2.18. The van der Waals surface area contributed by atoms with Crippen LogP contribution in [0.2, 0.25) is 0 Å². The van der Waals surface area contributed by atoms with Gasteiger partial charge in [-0.2, -0.15) is 5.10 Å². The molecule has 0 spiro atoms. The molecule has 0 aliphatic heterocycles. The molecule has 2 atom stereocenters. The number of aromatic nitrogens is 2. The summed E-state index contributed by atoms with van der Waals surface area (Å²) in [5.74, 6) is 0.810. The number of carbonyl (C=O) groups is 1. The van der Waals surface area contributed by atoms with Crippen LogP contribution in [0.5, 0.6) is 5.75 Å². The molecule has 0 aliphatic rings. The first-order valence-electron chi connectivity index (χ1n) is 8.55. The predicted molar refractivity (Wildman–Crippen MR) is 98.9 cm³/mol. The van der Waals surface area contributed by atoms with Crippen molar-refractivity contribution in [2.45, 2.75) is 46.8 Å². The van der Waals surface area contributed by atoms with Crippen molar-refractivity contribution < 1.29 is 9.53 Å². The van der Waals surface area contributed by atoms with E-state index in [2.05, 4.69) is 15.7 Å². The van der Waals surface area contributed by atoms with Crippen LogP contribution >= 0.6 is 0 Å². The highest BCUT2D eigenvalue weighted by atomic mass is 16.5. The van der Waals surface area contributed by atoms with Crippen molar-refractivity contribution in [2.75, 3.05) is 6.54 Å². The van der Waals surface area contributed by atoms with Gasteiger partial charge in [0.25, 0.3) is 0 Å². The van der Waals surface area contributed by atoms with E-state index in [1.54, 1.807) is 0 Å². The lowest BCUT2D eigenvalue weighted by atomic mass is 10.1. The second kappa shape index (κ2) is 8.05. The summed E-state index contributed by atoms with van der Waals surface area (Å²) in [6.45, 7) is 10.3. The number of carbonyl (C=O) groups excluding carboxylic acids is 1. The largest absolute Gasteiger partial charge is 0.489 e. The summed E-state index contributed by atoms with van der Waals surface area (Å²) in [5, 5.41) is 10.2. The fourth-order valence-electron chi connectivity index (χ4n) is 2.94. The minimum Gasteiger partial charge on any atom is -0.489 e. The number of nitrogens with zero attached hydrogens (tertiary/aromatic N) is 2. The first-order valence-corrected chi connectivity index (χ1v) is 8.55. The molecular formula is C19H28N4O2. The number of benzene rings is 1. The minimum absolute atomic E-state index is 0.110. The van der Waals surface area contributed by atoms with E-state index in [9.17, 15) is 4.79 Å². The van der Waals surface area contributed by atoms with Gasteiger partial charge in [-0.3, -0.25) is 4.68 Å². The van der Waals surface area contributed by atoms with E-state index >= 15 is 0 Å². The molecule has 0 radical (unpaired) electrons. The number of hydrogen-bond donors (Lipinski definition) is 2. The Labute approximate surface area is 149 Å². The summed E-state index contributed by atoms with van der Waals surface area (Å²) < 4.78 is 7.65. The van der Waals surface area contributed by atoms with Gasteiger partial charge in [-0.1, -0.05) is 12.1 Å². The zero-order valence-electron chi connectivity index (χ0n) is 15.9. The van der Waals surface area contributed by atoms with Crippen LogP contribution in [0.4, 0.5) is 4.79 Å². The van der Waals surface area contributed by atoms with Crippen molar-refractivity contribution in [3.8, 4) is 5.75 Å². The van der Waals surface area contributed by atoms with Gasteiger partial charge < -0.3 is 15.4 Å². The van der Waals surface area contributed by atoms with Crippen LogP contribution < -0.4 is 15.4 Å². The van der Waals surface area contributed by atoms with Gasteiger partial charge in [-0.25, -0.2) is 4.79 Å². The Bertz CT molecular complexity index is 739. The molecule has 2 aromatic rings. The van der Waals surface area contributed by atoms with Crippen LogP contribution in [-0.4, -0.2) is 28.5 Å². The third kappa shape index (κ3) is 4.98. The van der Waals surface area contributed by atoms with Crippen molar-refractivity contribution in [3.63, 3.8) is 0 Å². The summed E-state index contributed by atoms with van der Waals surface area (Å²) >= 11 is 0. The van der Waals surface area contributed by atoms with E-state index in [-0.39, 0.29) is 18.2 Å². The topological polar surface area (TPSA) is 68.2 Å². The van der Waals surface area contributed by atoms with Gasteiger partial charge in [0.15, 0.2) is 0 Å². The maximum Gasteiger partial charge on any atom is 0.315 e. The molecule has 2 rings (SSSR count). The molecule has 136 valence electrons. The fourth-order valence-corrected chi connectivity index (χ4v) is 2.94. The Hall–Kier alpha value is -2.50. The molecule has 0 bridgehead atoms. The predicted octanol–water partition coefficient (Wildman–Crippen LogP) is 3.17. The van der Waals surface area contributed by atoms with Crippen LogP contribution in [0.15, 0.2) is 24.3 Å². The maximum absolute atomic E-state index is 12.2. The molecule has 2 amide bonds. The highest BCUT2D eigenvalue weighted by molar-refractivity contribution is 5.74. The first kappa shape index (κ1) is 18.8. The summed E-state index contributed by atoms with van der Waals surface area (Å²) in [4.78, 5) is 12.2. The van der Waals surface area contributed by atoms with Gasteiger partial charge in [-0.15, -0.1) is 0 Å². The number of amides is 2. The molecule has 1 aromatic carbocycles. The van der Waals surface area contributed by atoms with Gasteiger partial charge in [-0.05, 0) is 52.3 Å². The van der Waals surface area contributed by atoms with E-state index in [0.717, 1.165) is 28.3 Å². The summed E-state index contributed by atoms with van der Waals surface area (Å²) in [6.07, 6.45) is -0.121. The van der Waals surface area contributed by atoms with E-state index in [1.807, 2.05) is 70.6 Å². The monoisotopic (exact) mass is 344 g/mol. The van der Waals surface area contributed by atoms with Crippen molar-refractivity contribution in [1.29, 1.82) is 0 Å². The quantitative estimate of drug-likeness (QED) is 0.846. The Balaban J connectivity index is 1.83. The molecule has 6 nitrogen and oxygen atoms in total. The van der Waals surface area contributed by atoms with Crippen LogP contribution in [0.1, 0.15) is 42.4 Å². The number of nitrogens with one attached hydrogen (secondary N) is 2. The fraction of sp³-hybridized carbons (Fsp3) is 0.474. The number of urea groups is 1. The maximum atomic E-state index is 12.2. The Morgan fingerprint density at radius 3 is 2.60 bits per heavy atom. The number of rotatable bonds is 6. The molecule has 0 saturated heterocycles. The zero-order valence-corrected chi connectivity index (χ0v) is 15.9. The molecule has 25 heavy (non-hydrogen) atoms. The Morgan fingerprint density at radius 2 is 2.00 bits per heavy atom. The summed E-state index contributed by atoms with van der Waals surface area (Å²) in [5.41, 5.74) is 4.19. The van der Waals surface area contributed by atoms with E-state index in [0.29, 0.717) is 6.54 Å². The smallest absolute Gasteiger partial charge is 0.315 e. The van der Waals surface area contributed by atoms with Crippen molar-refractivity contribution in [2.24, 2.45) is 7.05 Å². The van der Waals surface area contributed by atoms with Gasteiger partial charge in [0.1, 0.15) is 11.9 Å². The summed E-state index contributed by atoms with van der Waals surface area (Å²) in [7, 11) is 1.91. The van der Waals surface area contributed by atoms with Crippen molar-refractivity contribution in [1.82, 2.24) is 20.4 Å². The lowest BCUT2D eigenvalue weighted by molar-refractivity contribution is 0.206. The highest BCUT2D eigenvalue weighted by Crippen LogP contribution is 2.20. The van der Waals surface area contributed by atoms with Crippen LogP contribution in [0.3, 0.4) is 0 Å². The lowest BCUT2D eigenvalue weighted by Gasteiger charge is -2.18. The standard InChI is InChI=1S/C19H28N4O2/c1-12-8-7-9-17(10-12)25-13(2)11-20-19(24)21-14(3)18-15(4)22-23(6)16(18)5/h7-10,13-14H,11H2,1-6H3,(H2,20,21,24)/t13-,14-/m0/s1. The Morgan fingerprint density at radius 1 is 1.28 bits per heavy atom. The first-order chi connectivity index (χ1) is 11.8. The lowest BCUT2D eigenvalue weighted by Crippen LogP contribution is -2.41. The van der Waals surface area contributed by atoms with Gasteiger partial charge >= 0.3 is 6.03 Å². The van der Waals surface area contributed by atoms with Crippen molar-refractivity contribution in [3.05, 3.63) is 46.8 Å². The number of aryl methyl sites for hydroxylation is 3. The number of ether oxygens (including phenoxy) is 1. The van der Waals surface area contributed by atoms with Crippen molar-refractivity contribution >= 4 is 6.03 Å². The second-order valence-corrected chi connectivity index (χ2v) is 6.53.